The normalized spacial score (nSPS) is 17.1. The van der Waals surface area contributed by atoms with Crippen LogP contribution in [0.2, 0.25) is 0 Å². The van der Waals surface area contributed by atoms with E-state index in [-0.39, 0.29) is 12.6 Å². The number of hydrogen-bond acceptors (Lipinski definition) is 3. The predicted octanol–water partition coefficient (Wildman–Crippen LogP) is 9.60. The number of methoxy groups -OCH3 is 1. The number of carbonyl (C=O) groups is 1. The Morgan fingerprint density at radius 1 is 0.818 bits per heavy atom. The smallest absolute Gasteiger partial charge is 0.416 e. The summed E-state index contributed by atoms with van der Waals surface area (Å²) in [5.41, 5.74) is 0.776. The molecular formula is C33H26F7NO3. The number of hydrogen-bond donors (Lipinski definition) is 0. The Bertz CT molecular complexity index is 1680. The fourth-order valence-corrected chi connectivity index (χ4v) is 5.42. The van der Waals surface area contributed by atoms with Gasteiger partial charge in [-0.3, -0.25) is 4.90 Å². The lowest BCUT2D eigenvalue weighted by atomic mass is 9.93. The van der Waals surface area contributed by atoms with Gasteiger partial charge in [-0.05, 0) is 89.7 Å². The topological polar surface area (TPSA) is 38.8 Å². The first-order valence-electron chi connectivity index (χ1n) is 13.5. The van der Waals surface area contributed by atoms with Crippen LogP contribution in [0, 0.1) is 12.7 Å². The van der Waals surface area contributed by atoms with Crippen molar-refractivity contribution in [2.24, 2.45) is 0 Å². The fourth-order valence-electron chi connectivity index (χ4n) is 5.42. The molecular weight excluding hydrogens is 591 g/mol. The monoisotopic (exact) mass is 617 g/mol. The van der Waals surface area contributed by atoms with Crippen LogP contribution in [-0.4, -0.2) is 24.1 Å². The minimum atomic E-state index is -5.07. The summed E-state index contributed by atoms with van der Waals surface area (Å²) < 4.78 is 106. The second-order valence-corrected chi connectivity index (χ2v) is 10.5. The number of ether oxygens (including phenoxy) is 2. The Hall–Kier alpha value is -4.54. The van der Waals surface area contributed by atoms with E-state index in [1.54, 1.807) is 6.07 Å². The van der Waals surface area contributed by atoms with Crippen LogP contribution in [0.3, 0.4) is 0 Å². The molecule has 0 saturated carbocycles. The fraction of sp³-hybridized carbons (Fsp3) is 0.242. The van der Waals surface area contributed by atoms with E-state index in [1.807, 2.05) is 43.3 Å². The lowest BCUT2D eigenvalue weighted by Gasteiger charge is -2.24. The molecule has 0 radical (unpaired) electrons. The SMILES string of the molecule is COc1ccc(-c2ccccc2C)cc1-c1ccc(F)cc1CN1C(=O)O[C@H](c2cc(C(F)(F)F)cc(C(F)(F)F)c2)[C@@H]1C. The average Bonchev–Trinajstić information content (AvgIpc) is 3.24. The minimum absolute atomic E-state index is 0.0141. The lowest BCUT2D eigenvalue weighted by molar-refractivity contribution is -0.143. The van der Waals surface area contributed by atoms with Gasteiger partial charge in [-0.1, -0.05) is 36.4 Å². The van der Waals surface area contributed by atoms with E-state index >= 15 is 0 Å². The van der Waals surface area contributed by atoms with Crippen molar-refractivity contribution in [2.45, 2.75) is 44.9 Å². The predicted molar refractivity (Wildman–Crippen MR) is 149 cm³/mol. The number of cyclic esters (lactones) is 1. The molecule has 0 unspecified atom stereocenters. The van der Waals surface area contributed by atoms with Gasteiger partial charge in [0, 0.05) is 5.56 Å². The van der Waals surface area contributed by atoms with Crippen molar-refractivity contribution < 1.29 is 45.0 Å². The molecule has 2 atom stereocenters. The summed E-state index contributed by atoms with van der Waals surface area (Å²) in [5.74, 6) is -0.143. The maximum atomic E-state index is 14.6. The molecule has 0 aliphatic carbocycles. The van der Waals surface area contributed by atoms with Gasteiger partial charge in [0.1, 0.15) is 17.7 Å². The summed E-state index contributed by atoms with van der Waals surface area (Å²) in [5, 5.41) is 0. The molecule has 1 heterocycles. The standard InChI is InChI=1S/C33H26F7NO3/c1-18-6-4-5-7-26(18)20-8-11-29(43-3)28(15-20)27-10-9-25(34)14-22(27)17-41-19(2)30(44-31(41)42)21-12-23(32(35,36)37)16-24(13-21)33(38,39)40/h4-16,19,30H,17H2,1-3H3/t19-,30-/m0/s1. The molecule has 1 aliphatic heterocycles. The molecule has 0 N–H and O–H groups in total. The van der Waals surface area contributed by atoms with Crippen LogP contribution >= 0.6 is 0 Å². The summed E-state index contributed by atoms with van der Waals surface area (Å²) in [6.07, 6.45) is -12.5. The summed E-state index contributed by atoms with van der Waals surface area (Å²) >= 11 is 0. The molecule has 1 aliphatic rings. The van der Waals surface area contributed by atoms with E-state index in [1.165, 1.54) is 32.2 Å². The third-order valence-electron chi connectivity index (χ3n) is 7.68. The van der Waals surface area contributed by atoms with Gasteiger partial charge in [0.15, 0.2) is 0 Å². The molecule has 4 aromatic rings. The molecule has 4 aromatic carbocycles. The second-order valence-electron chi connectivity index (χ2n) is 10.5. The highest BCUT2D eigenvalue weighted by Crippen LogP contribution is 2.42. The number of nitrogens with zero attached hydrogens (tertiary/aromatic N) is 1. The zero-order valence-corrected chi connectivity index (χ0v) is 23.7. The van der Waals surface area contributed by atoms with E-state index in [2.05, 4.69) is 0 Å². The number of amides is 1. The summed E-state index contributed by atoms with van der Waals surface area (Å²) in [7, 11) is 1.48. The molecule has 44 heavy (non-hydrogen) atoms. The Morgan fingerprint density at radius 2 is 1.48 bits per heavy atom. The molecule has 4 nitrogen and oxygen atoms in total. The van der Waals surface area contributed by atoms with Gasteiger partial charge in [-0.25, -0.2) is 9.18 Å². The van der Waals surface area contributed by atoms with E-state index in [0.717, 1.165) is 21.6 Å². The zero-order valence-electron chi connectivity index (χ0n) is 23.7. The van der Waals surface area contributed by atoms with Crippen LogP contribution in [0.1, 0.15) is 40.8 Å². The van der Waals surface area contributed by atoms with Gasteiger partial charge in [-0.2, -0.15) is 26.3 Å². The number of rotatable bonds is 6. The maximum absolute atomic E-state index is 14.6. The maximum Gasteiger partial charge on any atom is 0.416 e. The largest absolute Gasteiger partial charge is 0.496 e. The number of halogens is 7. The van der Waals surface area contributed by atoms with Gasteiger partial charge < -0.3 is 9.47 Å². The quantitative estimate of drug-likeness (QED) is 0.202. The molecule has 1 amide bonds. The van der Waals surface area contributed by atoms with Crippen molar-refractivity contribution in [1.82, 2.24) is 4.90 Å². The third-order valence-corrected chi connectivity index (χ3v) is 7.68. The van der Waals surface area contributed by atoms with Crippen LogP contribution in [0.5, 0.6) is 5.75 Å². The van der Waals surface area contributed by atoms with Gasteiger partial charge in [0.25, 0.3) is 0 Å². The number of alkyl halides is 6. The first kappa shape index (κ1) is 30.9. The van der Waals surface area contributed by atoms with E-state index < -0.39 is 53.1 Å². The van der Waals surface area contributed by atoms with Crippen LogP contribution in [0.15, 0.2) is 78.9 Å². The highest BCUT2D eigenvalue weighted by molar-refractivity contribution is 5.81. The minimum Gasteiger partial charge on any atom is -0.496 e. The second kappa shape index (κ2) is 11.5. The van der Waals surface area contributed by atoms with Crippen LogP contribution in [0.25, 0.3) is 22.3 Å². The Kier molecular flexibility index (Phi) is 8.09. The third kappa shape index (κ3) is 6.09. The van der Waals surface area contributed by atoms with Gasteiger partial charge in [-0.15, -0.1) is 0 Å². The molecule has 5 rings (SSSR count). The number of carbonyl (C=O) groups excluding carboxylic acids is 1. The molecule has 230 valence electrons. The summed E-state index contributed by atoms with van der Waals surface area (Å²) in [4.78, 5) is 14.2. The van der Waals surface area contributed by atoms with E-state index in [4.69, 9.17) is 9.47 Å². The first-order chi connectivity index (χ1) is 20.7. The van der Waals surface area contributed by atoms with E-state index in [0.29, 0.717) is 34.6 Å². The zero-order chi connectivity index (χ0) is 32.0. The molecule has 1 saturated heterocycles. The first-order valence-corrected chi connectivity index (χ1v) is 13.5. The summed E-state index contributed by atoms with van der Waals surface area (Å²) in [6.45, 7) is 3.16. The van der Waals surface area contributed by atoms with Crippen LogP contribution in [-0.2, 0) is 23.6 Å². The van der Waals surface area contributed by atoms with Crippen molar-refractivity contribution in [3.8, 4) is 28.0 Å². The van der Waals surface area contributed by atoms with E-state index in [9.17, 15) is 35.5 Å². The molecule has 1 fully saturated rings. The number of benzene rings is 4. The van der Waals surface area contributed by atoms with Crippen molar-refractivity contribution in [3.63, 3.8) is 0 Å². The number of aryl methyl sites for hydroxylation is 1. The van der Waals surface area contributed by atoms with Gasteiger partial charge >= 0.3 is 18.4 Å². The Balaban J connectivity index is 1.53. The van der Waals surface area contributed by atoms with Crippen molar-refractivity contribution >= 4 is 6.09 Å². The van der Waals surface area contributed by atoms with Crippen LogP contribution in [0.4, 0.5) is 35.5 Å². The van der Waals surface area contributed by atoms with Crippen LogP contribution < -0.4 is 4.74 Å². The van der Waals surface area contributed by atoms with Gasteiger partial charge in [0.2, 0.25) is 0 Å². The Morgan fingerprint density at radius 3 is 2.09 bits per heavy atom. The summed E-state index contributed by atoms with van der Waals surface area (Å²) in [6, 6.07) is 17.3. The van der Waals surface area contributed by atoms with Crippen molar-refractivity contribution in [3.05, 3.63) is 112 Å². The van der Waals surface area contributed by atoms with Crippen molar-refractivity contribution in [1.29, 1.82) is 0 Å². The Labute approximate surface area is 248 Å². The van der Waals surface area contributed by atoms with Gasteiger partial charge in [0.05, 0.1) is 30.8 Å². The average molecular weight is 618 g/mol. The molecule has 0 aromatic heterocycles. The molecule has 0 bridgehead atoms. The highest BCUT2D eigenvalue weighted by atomic mass is 19.4. The highest BCUT2D eigenvalue weighted by Gasteiger charge is 2.43. The lowest BCUT2D eigenvalue weighted by Crippen LogP contribution is -2.31. The van der Waals surface area contributed by atoms with Crippen molar-refractivity contribution in [2.75, 3.05) is 7.11 Å². The molecule has 0 spiro atoms. The molecule has 11 heteroatoms.